The van der Waals surface area contributed by atoms with Crippen LogP contribution >= 0.6 is 0 Å². The maximum absolute atomic E-state index is 14.5. The monoisotopic (exact) mass is 494 g/mol. The van der Waals surface area contributed by atoms with Crippen molar-refractivity contribution in [2.45, 2.75) is 25.4 Å². The maximum Gasteiger partial charge on any atom is 0.335 e. The average molecular weight is 495 g/mol. The second kappa shape index (κ2) is 9.69. The second-order valence-electron chi connectivity index (χ2n) is 9.13. The molecule has 0 bridgehead atoms. The van der Waals surface area contributed by atoms with Crippen LogP contribution in [0.25, 0.3) is 16.9 Å². The zero-order valence-corrected chi connectivity index (χ0v) is 20.5. The largest absolute Gasteiger partial charge is 0.497 e. The number of piperidine rings is 1. The van der Waals surface area contributed by atoms with E-state index in [1.165, 1.54) is 27.3 Å². The zero-order valence-electron chi connectivity index (χ0n) is 20.5. The van der Waals surface area contributed by atoms with Gasteiger partial charge in [-0.3, -0.25) is 4.57 Å². The van der Waals surface area contributed by atoms with Gasteiger partial charge in [0.05, 0.1) is 25.5 Å². The number of nitrogens with zero attached hydrogens (tertiary/aromatic N) is 6. The van der Waals surface area contributed by atoms with Gasteiger partial charge in [-0.25, -0.2) is 23.1 Å². The number of rotatable bonds is 6. The van der Waals surface area contributed by atoms with Gasteiger partial charge in [0.15, 0.2) is 5.65 Å². The number of fused-ring (bicyclic) bond motifs is 1. The predicted molar refractivity (Wildman–Crippen MR) is 134 cm³/mol. The quantitative estimate of drug-likeness (QED) is 0.409. The van der Waals surface area contributed by atoms with Gasteiger partial charge in [0.2, 0.25) is 5.95 Å². The molecule has 2 aromatic heterocycles. The van der Waals surface area contributed by atoms with E-state index in [1.807, 2.05) is 11.9 Å². The summed E-state index contributed by atoms with van der Waals surface area (Å²) in [7, 11) is 5.60. The van der Waals surface area contributed by atoms with E-state index in [-0.39, 0.29) is 18.2 Å². The highest BCUT2D eigenvalue weighted by Crippen LogP contribution is 2.25. The van der Waals surface area contributed by atoms with Gasteiger partial charge >= 0.3 is 5.69 Å². The highest BCUT2D eigenvalue weighted by molar-refractivity contribution is 5.75. The van der Waals surface area contributed by atoms with Crippen molar-refractivity contribution in [3.63, 3.8) is 0 Å². The van der Waals surface area contributed by atoms with Gasteiger partial charge in [-0.2, -0.15) is 4.98 Å². The average Bonchev–Trinajstić information content (AvgIpc) is 3.16. The molecule has 1 aliphatic heterocycles. The Kier molecular flexibility index (Phi) is 6.44. The van der Waals surface area contributed by atoms with E-state index in [0.717, 1.165) is 25.9 Å². The minimum Gasteiger partial charge on any atom is -0.497 e. The smallest absolute Gasteiger partial charge is 0.335 e. The molecule has 0 atom stereocenters. The Balaban J connectivity index is 1.66. The molecule has 10 heteroatoms. The van der Waals surface area contributed by atoms with Crippen molar-refractivity contribution in [1.82, 2.24) is 24.0 Å². The summed E-state index contributed by atoms with van der Waals surface area (Å²) >= 11 is 0. The van der Waals surface area contributed by atoms with Crippen molar-refractivity contribution in [2.75, 3.05) is 39.2 Å². The number of aromatic nitrogens is 4. The number of hydrogen-bond acceptors (Lipinski definition) is 6. The fourth-order valence-corrected chi connectivity index (χ4v) is 4.72. The molecule has 0 spiro atoms. The third-order valence-corrected chi connectivity index (χ3v) is 6.90. The van der Waals surface area contributed by atoms with Gasteiger partial charge in [0, 0.05) is 24.7 Å². The van der Waals surface area contributed by atoms with E-state index in [2.05, 4.69) is 16.9 Å². The van der Waals surface area contributed by atoms with Crippen molar-refractivity contribution in [3.05, 3.63) is 76.3 Å². The van der Waals surface area contributed by atoms with Crippen LogP contribution in [-0.4, -0.2) is 64.3 Å². The molecule has 0 amide bonds. The van der Waals surface area contributed by atoms with E-state index in [9.17, 15) is 13.6 Å². The number of anilines is 1. The molecule has 4 aromatic rings. The van der Waals surface area contributed by atoms with Gasteiger partial charge in [0.1, 0.15) is 22.9 Å². The van der Waals surface area contributed by atoms with Crippen LogP contribution in [-0.2, 0) is 6.54 Å². The minimum atomic E-state index is -0.719. The van der Waals surface area contributed by atoms with Crippen molar-refractivity contribution in [1.29, 1.82) is 0 Å². The first-order valence-corrected chi connectivity index (χ1v) is 11.8. The number of ether oxygens (including phenoxy) is 1. The topological polar surface area (TPSA) is 68.4 Å². The summed E-state index contributed by atoms with van der Waals surface area (Å²) in [6.07, 6.45) is 3.51. The van der Waals surface area contributed by atoms with Crippen LogP contribution in [0.5, 0.6) is 5.75 Å². The first-order valence-electron chi connectivity index (χ1n) is 11.8. The maximum atomic E-state index is 14.5. The SMILES string of the molecule is COc1cccc(-n2c(=O)n(Cc3c(F)cccc3F)c3cnc(N(C)C4CCN(C)CC4)nc32)c1. The van der Waals surface area contributed by atoms with Gasteiger partial charge in [-0.1, -0.05) is 12.1 Å². The molecule has 0 aliphatic carbocycles. The molecule has 1 saturated heterocycles. The number of methoxy groups -OCH3 is 1. The molecule has 1 fully saturated rings. The normalized spacial score (nSPS) is 14.9. The molecule has 1 aliphatic rings. The summed E-state index contributed by atoms with van der Waals surface area (Å²) in [5.74, 6) is -0.381. The summed E-state index contributed by atoms with van der Waals surface area (Å²) in [5, 5.41) is 0. The summed E-state index contributed by atoms with van der Waals surface area (Å²) in [6, 6.07) is 10.9. The molecule has 2 aromatic carbocycles. The van der Waals surface area contributed by atoms with E-state index in [0.29, 0.717) is 28.5 Å². The van der Waals surface area contributed by atoms with Gasteiger partial charge in [0.25, 0.3) is 0 Å². The molecule has 0 unspecified atom stereocenters. The number of imidazole rings is 1. The molecule has 36 heavy (non-hydrogen) atoms. The van der Waals surface area contributed by atoms with E-state index in [1.54, 1.807) is 37.6 Å². The van der Waals surface area contributed by atoms with Crippen molar-refractivity contribution in [3.8, 4) is 11.4 Å². The fraction of sp³-hybridized carbons (Fsp3) is 0.346. The Hall–Kier alpha value is -3.79. The van der Waals surface area contributed by atoms with Crippen LogP contribution in [0.15, 0.2) is 53.5 Å². The first-order chi connectivity index (χ1) is 17.4. The second-order valence-corrected chi connectivity index (χ2v) is 9.13. The number of hydrogen-bond donors (Lipinski definition) is 0. The lowest BCUT2D eigenvalue weighted by Gasteiger charge is -2.35. The van der Waals surface area contributed by atoms with Gasteiger partial charge in [-0.15, -0.1) is 0 Å². The minimum absolute atomic E-state index is 0.197. The Morgan fingerprint density at radius 3 is 2.50 bits per heavy atom. The summed E-state index contributed by atoms with van der Waals surface area (Å²) in [4.78, 5) is 27.3. The number of benzene rings is 2. The van der Waals surface area contributed by atoms with Crippen molar-refractivity contribution in [2.24, 2.45) is 0 Å². The van der Waals surface area contributed by atoms with Crippen LogP contribution in [0.1, 0.15) is 18.4 Å². The predicted octanol–water partition coefficient (Wildman–Crippen LogP) is 3.45. The lowest BCUT2D eigenvalue weighted by molar-refractivity contribution is 0.252. The molecule has 188 valence electrons. The Morgan fingerprint density at radius 2 is 1.81 bits per heavy atom. The lowest BCUT2D eigenvalue weighted by Crippen LogP contribution is -2.42. The highest BCUT2D eigenvalue weighted by Gasteiger charge is 2.25. The van der Waals surface area contributed by atoms with Crippen molar-refractivity contribution >= 4 is 17.1 Å². The number of likely N-dealkylation sites (tertiary alicyclic amines) is 1. The summed E-state index contributed by atoms with van der Waals surface area (Å²) in [6.45, 7) is 1.67. The molecule has 8 nitrogen and oxygen atoms in total. The van der Waals surface area contributed by atoms with Gasteiger partial charge in [-0.05, 0) is 57.2 Å². The van der Waals surface area contributed by atoms with Crippen LogP contribution in [0, 0.1) is 11.6 Å². The molecule has 5 rings (SSSR count). The molecular weight excluding hydrogens is 466 g/mol. The molecule has 0 saturated carbocycles. The first kappa shape index (κ1) is 23.9. The van der Waals surface area contributed by atoms with E-state index >= 15 is 0 Å². The Bertz CT molecular complexity index is 1440. The fourth-order valence-electron chi connectivity index (χ4n) is 4.72. The van der Waals surface area contributed by atoms with Crippen LogP contribution in [0.3, 0.4) is 0 Å². The lowest BCUT2D eigenvalue weighted by atomic mass is 10.0. The van der Waals surface area contributed by atoms with Crippen LogP contribution in [0.2, 0.25) is 0 Å². The van der Waals surface area contributed by atoms with Gasteiger partial charge < -0.3 is 14.5 Å². The Labute approximate surface area is 207 Å². The van der Waals surface area contributed by atoms with Crippen LogP contribution < -0.4 is 15.3 Å². The zero-order chi connectivity index (χ0) is 25.4. The van der Waals surface area contributed by atoms with E-state index in [4.69, 9.17) is 9.72 Å². The summed E-state index contributed by atoms with van der Waals surface area (Å²) < 4.78 is 37.0. The third-order valence-electron chi connectivity index (χ3n) is 6.90. The van der Waals surface area contributed by atoms with E-state index < -0.39 is 17.3 Å². The molecule has 0 radical (unpaired) electrons. The Morgan fingerprint density at radius 1 is 1.11 bits per heavy atom. The standard InChI is InChI=1S/C26H28F2N6O2/c1-31-12-10-17(11-13-31)32(2)25-29-15-23-24(30-25)34(18-6-4-7-19(14-18)36-3)26(35)33(23)16-20-21(27)8-5-9-22(20)28/h4-9,14-15,17H,10-13,16H2,1-3H3. The molecular formula is C26H28F2N6O2. The molecule has 0 N–H and O–H groups in total. The summed E-state index contributed by atoms with van der Waals surface area (Å²) in [5.41, 5.74) is 0.593. The molecule has 3 heterocycles. The van der Waals surface area contributed by atoms with Crippen molar-refractivity contribution < 1.29 is 13.5 Å². The third kappa shape index (κ3) is 4.32. The van der Waals surface area contributed by atoms with Crippen LogP contribution in [0.4, 0.5) is 14.7 Å². The number of halogens is 2. The highest BCUT2D eigenvalue weighted by atomic mass is 19.1.